The van der Waals surface area contributed by atoms with Gasteiger partial charge >= 0.3 is 5.97 Å². The third-order valence-corrected chi connectivity index (χ3v) is 2.41. The van der Waals surface area contributed by atoms with E-state index in [0.717, 1.165) is 5.56 Å². The predicted molar refractivity (Wildman–Crippen MR) is 59.9 cm³/mol. The van der Waals surface area contributed by atoms with Crippen molar-refractivity contribution >= 4 is 5.97 Å². The highest BCUT2D eigenvalue weighted by Gasteiger charge is 2.13. The van der Waals surface area contributed by atoms with Crippen LogP contribution in [0.4, 0.5) is 4.39 Å². The highest BCUT2D eigenvalue weighted by molar-refractivity contribution is 5.90. The number of methoxy groups -OCH3 is 1. The fourth-order valence-corrected chi connectivity index (χ4v) is 1.54. The van der Waals surface area contributed by atoms with Gasteiger partial charge in [0.25, 0.3) is 0 Å². The summed E-state index contributed by atoms with van der Waals surface area (Å²) in [7, 11) is 3.00. The number of esters is 1. The Hall–Kier alpha value is -2.17. The fraction of sp³-hybridized carbons (Fsp3) is 0.167. The number of aromatic nitrogens is 2. The third kappa shape index (κ3) is 2.18. The number of ether oxygens (including phenoxy) is 1. The molecule has 0 saturated carbocycles. The molecule has 0 radical (unpaired) electrons. The Kier molecular flexibility index (Phi) is 2.91. The van der Waals surface area contributed by atoms with Crippen LogP contribution in [0.25, 0.3) is 11.1 Å². The highest BCUT2D eigenvalue weighted by Crippen LogP contribution is 2.21. The summed E-state index contributed by atoms with van der Waals surface area (Å²) in [6.07, 6.45) is 3.40. The van der Waals surface area contributed by atoms with E-state index >= 15 is 0 Å². The molecule has 1 aromatic heterocycles. The monoisotopic (exact) mass is 234 g/mol. The zero-order valence-corrected chi connectivity index (χ0v) is 9.48. The molecule has 88 valence electrons. The number of aryl methyl sites for hydroxylation is 1. The Bertz CT molecular complexity index is 563. The smallest absolute Gasteiger partial charge is 0.340 e. The summed E-state index contributed by atoms with van der Waals surface area (Å²) < 4.78 is 19.7. The van der Waals surface area contributed by atoms with Crippen LogP contribution < -0.4 is 0 Å². The molecule has 4 nitrogen and oxygen atoms in total. The first-order chi connectivity index (χ1) is 8.11. The molecule has 0 spiro atoms. The van der Waals surface area contributed by atoms with Crippen LogP contribution in [0.2, 0.25) is 0 Å². The molecule has 0 aliphatic rings. The van der Waals surface area contributed by atoms with Crippen molar-refractivity contribution in [3.8, 4) is 11.1 Å². The first-order valence-electron chi connectivity index (χ1n) is 4.98. The lowest BCUT2D eigenvalue weighted by molar-refractivity contribution is 0.0595. The van der Waals surface area contributed by atoms with E-state index in [0.29, 0.717) is 5.56 Å². The molecule has 2 rings (SSSR count). The minimum absolute atomic E-state index is 0.0693. The Morgan fingerprint density at radius 2 is 2.18 bits per heavy atom. The van der Waals surface area contributed by atoms with Gasteiger partial charge in [-0.3, -0.25) is 4.68 Å². The lowest BCUT2D eigenvalue weighted by atomic mass is 10.1. The van der Waals surface area contributed by atoms with E-state index < -0.39 is 11.8 Å². The SMILES string of the molecule is COC(=O)c1ccc(-c2cnn(C)c2)cc1F. The van der Waals surface area contributed by atoms with Crippen LogP contribution in [0.3, 0.4) is 0 Å². The molecule has 0 saturated heterocycles. The fourth-order valence-electron chi connectivity index (χ4n) is 1.54. The summed E-state index contributed by atoms with van der Waals surface area (Å²) in [5.41, 5.74) is 1.39. The van der Waals surface area contributed by atoms with Crippen LogP contribution in [0.5, 0.6) is 0 Å². The Morgan fingerprint density at radius 3 is 2.71 bits per heavy atom. The number of hydrogen-bond donors (Lipinski definition) is 0. The van der Waals surface area contributed by atoms with Gasteiger partial charge in [-0.25, -0.2) is 9.18 Å². The number of carbonyl (C=O) groups excluding carboxylic acids is 1. The van der Waals surface area contributed by atoms with E-state index in [9.17, 15) is 9.18 Å². The first kappa shape index (κ1) is 11.3. The summed E-state index contributed by atoms with van der Waals surface area (Å²) >= 11 is 0. The molecule has 0 aliphatic heterocycles. The molecule has 0 amide bonds. The average molecular weight is 234 g/mol. The van der Waals surface area contributed by atoms with Crippen LogP contribution in [0, 0.1) is 5.82 Å². The Balaban J connectivity index is 2.40. The Morgan fingerprint density at radius 1 is 1.41 bits per heavy atom. The van der Waals surface area contributed by atoms with Gasteiger partial charge in [-0.05, 0) is 17.7 Å². The van der Waals surface area contributed by atoms with Crippen LogP contribution in [-0.2, 0) is 11.8 Å². The highest BCUT2D eigenvalue weighted by atomic mass is 19.1. The number of rotatable bonds is 2. The van der Waals surface area contributed by atoms with Gasteiger partial charge in [-0.2, -0.15) is 5.10 Å². The second-order valence-electron chi connectivity index (χ2n) is 3.59. The number of nitrogens with zero attached hydrogens (tertiary/aromatic N) is 2. The van der Waals surface area contributed by atoms with E-state index in [2.05, 4.69) is 9.84 Å². The second kappa shape index (κ2) is 4.37. The molecule has 17 heavy (non-hydrogen) atoms. The van der Waals surface area contributed by atoms with E-state index in [1.807, 2.05) is 0 Å². The zero-order chi connectivity index (χ0) is 12.4. The summed E-state index contributed by atoms with van der Waals surface area (Å²) in [4.78, 5) is 11.2. The average Bonchev–Trinajstić information content (AvgIpc) is 2.75. The number of benzene rings is 1. The van der Waals surface area contributed by atoms with E-state index in [-0.39, 0.29) is 5.56 Å². The summed E-state index contributed by atoms with van der Waals surface area (Å²) in [5, 5.41) is 4.00. The molecular formula is C12H11FN2O2. The summed E-state index contributed by atoms with van der Waals surface area (Å²) in [5.74, 6) is -1.28. The van der Waals surface area contributed by atoms with Gasteiger partial charge in [0.2, 0.25) is 0 Å². The summed E-state index contributed by atoms with van der Waals surface area (Å²) in [6, 6.07) is 4.36. The third-order valence-electron chi connectivity index (χ3n) is 2.41. The second-order valence-corrected chi connectivity index (χ2v) is 3.59. The van der Waals surface area contributed by atoms with Crippen molar-refractivity contribution in [3.63, 3.8) is 0 Å². The largest absolute Gasteiger partial charge is 0.465 e. The van der Waals surface area contributed by atoms with Crippen LogP contribution in [0.1, 0.15) is 10.4 Å². The molecule has 0 fully saturated rings. The lowest BCUT2D eigenvalue weighted by Gasteiger charge is -2.03. The van der Waals surface area contributed by atoms with Crippen molar-refractivity contribution < 1.29 is 13.9 Å². The van der Waals surface area contributed by atoms with Crippen molar-refractivity contribution in [3.05, 3.63) is 42.0 Å². The lowest BCUT2D eigenvalue weighted by Crippen LogP contribution is -2.04. The number of halogens is 1. The van der Waals surface area contributed by atoms with Crippen LogP contribution in [-0.4, -0.2) is 22.9 Å². The van der Waals surface area contributed by atoms with Crippen LogP contribution >= 0.6 is 0 Å². The minimum Gasteiger partial charge on any atom is -0.465 e. The molecule has 0 atom stereocenters. The molecule has 5 heteroatoms. The van der Waals surface area contributed by atoms with Crippen molar-refractivity contribution in [2.75, 3.05) is 7.11 Å². The maximum absolute atomic E-state index is 13.7. The van der Waals surface area contributed by atoms with Crippen molar-refractivity contribution in [1.29, 1.82) is 0 Å². The standard InChI is InChI=1S/C12H11FN2O2/c1-15-7-9(6-14-15)8-3-4-10(11(13)5-8)12(16)17-2/h3-7H,1-2H3. The van der Waals surface area contributed by atoms with E-state index in [1.165, 1.54) is 19.2 Å². The van der Waals surface area contributed by atoms with Crippen molar-refractivity contribution in [2.45, 2.75) is 0 Å². The van der Waals surface area contributed by atoms with Crippen molar-refractivity contribution in [2.24, 2.45) is 7.05 Å². The molecule has 1 heterocycles. The van der Waals surface area contributed by atoms with Gasteiger partial charge in [0.05, 0.1) is 18.9 Å². The molecule has 0 N–H and O–H groups in total. The van der Waals surface area contributed by atoms with E-state index in [4.69, 9.17) is 0 Å². The van der Waals surface area contributed by atoms with E-state index in [1.54, 1.807) is 30.2 Å². The molecule has 1 aromatic carbocycles. The van der Waals surface area contributed by atoms with Gasteiger partial charge in [-0.15, -0.1) is 0 Å². The quantitative estimate of drug-likeness (QED) is 0.746. The van der Waals surface area contributed by atoms with Gasteiger partial charge in [-0.1, -0.05) is 6.07 Å². The number of carbonyl (C=O) groups is 1. The predicted octanol–water partition coefficient (Wildman–Crippen LogP) is 2.01. The molecular weight excluding hydrogens is 223 g/mol. The molecule has 0 bridgehead atoms. The zero-order valence-electron chi connectivity index (χ0n) is 9.48. The van der Waals surface area contributed by atoms with Gasteiger partial charge in [0.15, 0.2) is 0 Å². The van der Waals surface area contributed by atoms with Crippen molar-refractivity contribution in [1.82, 2.24) is 9.78 Å². The van der Waals surface area contributed by atoms with Crippen LogP contribution in [0.15, 0.2) is 30.6 Å². The normalized spacial score (nSPS) is 10.3. The molecule has 0 unspecified atom stereocenters. The Labute approximate surface area is 97.6 Å². The first-order valence-corrected chi connectivity index (χ1v) is 4.98. The molecule has 0 aliphatic carbocycles. The topological polar surface area (TPSA) is 44.1 Å². The van der Waals surface area contributed by atoms with Gasteiger partial charge < -0.3 is 4.74 Å². The maximum atomic E-state index is 13.7. The van der Waals surface area contributed by atoms with Gasteiger partial charge in [0.1, 0.15) is 5.82 Å². The number of hydrogen-bond acceptors (Lipinski definition) is 3. The maximum Gasteiger partial charge on any atom is 0.340 e. The van der Waals surface area contributed by atoms with Gasteiger partial charge in [0, 0.05) is 18.8 Å². The minimum atomic E-state index is -0.680. The summed E-state index contributed by atoms with van der Waals surface area (Å²) in [6.45, 7) is 0. The molecule has 2 aromatic rings.